The van der Waals surface area contributed by atoms with Gasteiger partial charge in [-0.05, 0) is 18.8 Å². The molecule has 0 rings (SSSR count). The number of unbranched alkanes of at least 4 members (excludes halogenated alkanes) is 1. The molecule has 0 aromatic heterocycles. The van der Waals surface area contributed by atoms with Crippen molar-refractivity contribution in [1.82, 2.24) is 0 Å². The molecule has 0 saturated heterocycles. The highest BCUT2D eigenvalue weighted by Crippen LogP contribution is 2.11. The fourth-order valence-electron chi connectivity index (χ4n) is 1.51. The van der Waals surface area contributed by atoms with Crippen molar-refractivity contribution in [3.63, 3.8) is 0 Å². The van der Waals surface area contributed by atoms with Gasteiger partial charge in [-0.15, -0.1) is 0 Å². The number of ether oxygens (including phenoxy) is 2. The summed E-state index contributed by atoms with van der Waals surface area (Å²) in [7, 11) is 0. The molecule has 16 heavy (non-hydrogen) atoms. The molecule has 0 bridgehead atoms. The molecule has 0 saturated carbocycles. The highest BCUT2D eigenvalue weighted by atomic mass is 16.7. The molecule has 0 aliphatic carbocycles. The number of hydrogen-bond acceptors (Lipinski definition) is 3. The summed E-state index contributed by atoms with van der Waals surface area (Å²) in [5, 5.41) is 0. The maximum absolute atomic E-state index is 11.1. The number of esters is 1. The molecule has 0 atom stereocenters. The van der Waals surface area contributed by atoms with Crippen LogP contribution in [-0.2, 0) is 14.3 Å². The van der Waals surface area contributed by atoms with E-state index in [9.17, 15) is 4.79 Å². The summed E-state index contributed by atoms with van der Waals surface area (Å²) < 4.78 is 10.2. The first kappa shape index (κ1) is 15.4. The number of carbonyl (C=O) groups is 1. The van der Waals surface area contributed by atoms with E-state index < -0.39 is 0 Å². The van der Waals surface area contributed by atoms with Gasteiger partial charge in [0.05, 0.1) is 6.61 Å². The van der Waals surface area contributed by atoms with Gasteiger partial charge in [0.25, 0.3) is 0 Å². The van der Waals surface area contributed by atoms with E-state index in [0.29, 0.717) is 13.0 Å². The van der Waals surface area contributed by atoms with Gasteiger partial charge in [-0.1, -0.05) is 40.0 Å². The fraction of sp³-hybridized carbons (Fsp3) is 0.923. The van der Waals surface area contributed by atoms with E-state index in [-0.39, 0.29) is 12.8 Å². The molecule has 0 unspecified atom stereocenters. The molecule has 0 aromatic rings. The third-order valence-electron chi connectivity index (χ3n) is 2.86. The number of hydrogen-bond donors (Lipinski definition) is 0. The van der Waals surface area contributed by atoms with Crippen LogP contribution in [-0.4, -0.2) is 19.4 Å². The summed E-state index contributed by atoms with van der Waals surface area (Å²) in [6.07, 6.45) is 5.86. The van der Waals surface area contributed by atoms with E-state index in [1.807, 2.05) is 0 Å². The Morgan fingerprint density at radius 3 is 2.44 bits per heavy atom. The van der Waals surface area contributed by atoms with E-state index in [2.05, 4.69) is 20.8 Å². The topological polar surface area (TPSA) is 35.5 Å². The quantitative estimate of drug-likeness (QED) is 0.327. The second kappa shape index (κ2) is 10.9. The van der Waals surface area contributed by atoms with Gasteiger partial charge in [-0.3, -0.25) is 4.79 Å². The first-order valence-electron chi connectivity index (χ1n) is 6.47. The standard InChI is InChI=1S/C13H26O3/c1-4-7-8-13(14)16-11-15-10-9-12(5-2)6-3/h12H,4-11H2,1-3H3. The van der Waals surface area contributed by atoms with Crippen LogP contribution in [0.4, 0.5) is 0 Å². The van der Waals surface area contributed by atoms with Crippen LogP contribution in [0.2, 0.25) is 0 Å². The molecule has 0 fully saturated rings. The van der Waals surface area contributed by atoms with E-state index in [0.717, 1.165) is 25.2 Å². The third-order valence-corrected chi connectivity index (χ3v) is 2.86. The number of rotatable bonds is 10. The molecule has 96 valence electrons. The van der Waals surface area contributed by atoms with Crippen LogP contribution in [0.15, 0.2) is 0 Å². The predicted molar refractivity (Wildman–Crippen MR) is 65.1 cm³/mol. The molecular formula is C13H26O3. The zero-order valence-electron chi connectivity index (χ0n) is 11.0. The normalized spacial score (nSPS) is 10.8. The Balaban J connectivity index is 3.29. The molecule has 3 nitrogen and oxygen atoms in total. The Bertz CT molecular complexity index is 165. The lowest BCUT2D eigenvalue weighted by molar-refractivity contribution is -0.156. The van der Waals surface area contributed by atoms with Gasteiger partial charge in [0.1, 0.15) is 0 Å². The minimum absolute atomic E-state index is 0.114. The van der Waals surface area contributed by atoms with Crippen LogP contribution in [0.5, 0.6) is 0 Å². The highest BCUT2D eigenvalue weighted by molar-refractivity contribution is 5.69. The van der Waals surface area contributed by atoms with E-state index in [1.165, 1.54) is 12.8 Å². The first-order chi connectivity index (χ1) is 7.74. The average molecular weight is 230 g/mol. The smallest absolute Gasteiger partial charge is 0.307 e. The Kier molecular flexibility index (Phi) is 10.5. The highest BCUT2D eigenvalue weighted by Gasteiger charge is 2.04. The molecule has 0 aromatic carbocycles. The lowest BCUT2D eigenvalue weighted by Gasteiger charge is -2.12. The van der Waals surface area contributed by atoms with Crippen LogP contribution in [0.25, 0.3) is 0 Å². The lowest BCUT2D eigenvalue weighted by atomic mass is 10.0. The minimum atomic E-state index is -0.149. The fourth-order valence-corrected chi connectivity index (χ4v) is 1.51. The van der Waals surface area contributed by atoms with Crippen molar-refractivity contribution in [2.24, 2.45) is 5.92 Å². The zero-order valence-corrected chi connectivity index (χ0v) is 11.0. The molecule has 0 radical (unpaired) electrons. The summed E-state index contributed by atoms with van der Waals surface area (Å²) in [6, 6.07) is 0. The lowest BCUT2D eigenvalue weighted by Crippen LogP contribution is -2.10. The van der Waals surface area contributed by atoms with Crippen molar-refractivity contribution in [3.05, 3.63) is 0 Å². The maximum Gasteiger partial charge on any atom is 0.307 e. The monoisotopic (exact) mass is 230 g/mol. The van der Waals surface area contributed by atoms with Crippen molar-refractivity contribution >= 4 is 5.97 Å². The second-order valence-electron chi connectivity index (χ2n) is 4.12. The summed E-state index contributed by atoms with van der Waals surface area (Å²) in [4.78, 5) is 11.1. The van der Waals surface area contributed by atoms with Crippen LogP contribution in [0.3, 0.4) is 0 Å². The summed E-state index contributed by atoms with van der Waals surface area (Å²) >= 11 is 0. The largest absolute Gasteiger partial charge is 0.438 e. The number of carbonyl (C=O) groups excluding carboxylic acids is 1. The zero-order chi connectivity index (χ0) is 12.2. The van der Waals surface area contributed by atoms with Crippen molar-refractivity contribution in [2.75, 3.05) is 13.4 Å². The third kappa shape index (κ3) is 8.72. The van der Waals surface area contributed by atoms with Gasteiger partial charge in [-0.25, -0.2) is 0 Å². The average Bonchev–Trinajstić information content (AvgIpc) is 2.31. The Morgan fingerprint density at radius 2 is 1.88 bits per heavy atom. The van der Waals surface area contributed by atoms with Gasteiger partial charge in [-0.2, -0.15) is 0 Å². The van der Waals surface area contributed by atoms with Crippen LogP contribution >= 0.6 is 0 Å². The van der Waals surface area contributed by atoms with Crippen LogP contribution < -0.4 is 0 Å². The van der Waals surface area contributed by atoms with Crippen molar-refractivity contribution in [1.29, 1.82) is 0 Å². The van der Waals surface area contributed by atoms with Gasteiger partial charge in [0.2, 0.25) is 0 Å². The summed E-state index contributed by atoms with van der Waals surface area (Å²) in [6.45, 7) is 7.24. The molecule has 0 amide bonds. The summed E-state index contributed by atoms with van der Waals surface area (Å²) in [5.41, 5.74) is 0. The minimum Gasteiger partial charge on any atom is -0.438 e. The summed E-state index contributed by atoms with van der Waals surface area (Å²) in [5.74, 6) is 0.583. The maximum atomic E-state index is 11.1. The molecule has 0 N–H and O–H groups in total. The van der Waals surface area contributed by atoms with Crippen molar-refractivity contribution in [2.45, 2.75) is 59.3 Å². The Hall–Kier alpha value is -0.570. The molecule has 0 spiro atoms. The van der Waals surface area contributed by atoms with Crippen molar-refractivity contribution in [3.8, 4) is 0 Å². The molecule has 0 aliphatic heterocycles. The van der Waals surface area contributed by atoms with Crippen LogP contribution in [0, 0.1) is 5.92 Å². The van der Waals surface area contributed by atoms with Gasteiger partial charge in [0.15, 0.2) is 6.79 Å². The van der Waals surface area contributed by atoms with Crippen molar-refractivity contribution < 1.29 is 14.3 Å². The van der Waals surface area contributed by atoms with E-state index in [4.69, 9.17) is 9.47 Å². The van der Waals surface area contributed by atoms with E-state index >= 15 is 0 Å². The van der Waals surface area contributed by atoms with Gasteiger partial charge in [0, 0.05) is 6.42 Å². The van der Waals surface area contributed by atoms with Crippen LogP contribution in [0.1, 0.15) is 59.3 Å². The Labute approximate surface area is 99.5 Å². The predicted octanol–water partition coefficient (Wildman–Crippen LogP) is 3.52. The van der Waals surface area contributed by atoms with Gasteiger partial charge >= 0.3 is 5.97 Å². The molecule has 0 aliphatic rings. The first-order valence-corrected chi connectivity index (χ1v) is 6.47. The SMILES string of the molecule is CCCCC(=O)OCOCCC(CC)CC. The second-order valence-corrected chi connectivity index (χ2v) is 4.12. The van der Waals surface area contributed by atoms with Gasteiger partial charge < -0.3 is 9.47 Å². The van der Waals surface area contributed by atoms with E-state index in [1.54, 1.807) is 0 Å². The Morgan fingerprint density at radius 1 is 1.19 bits per heavy atom. The molecule has 0 heterocycles. The molecular weight excluding hydrogens is 204 g/mol. The molecule has 3 heteroatoms.